The van der Waals surface area contributed by atoms with Crippen molar-refractivity contribution in [1.82, 2.24) is 10.1 Å². The zero-order valence-electron chi connectivity index (χ0n) is 20.9. The molecule has 1 aromatic heterocycles. The summed E-state index contributed by atoms with van der Waals surface area (Å²) in [7, 11) is 1.59. The smallest absolute Gasteiger partial charge is 0.416 e. The Morgan fingerprint density at radius 1 is 1.16 bits per heavy atom. The molecule has 0 unspecified atom stereocenters. The average Bonchev–Trinajstić information content (AvgIpc) is 3.17. The average molecular weight is 566 g/mol. The van der Waals surface area contributed by atoms with Crippen LogP contribution in [0.25, 0.3) is 11.3 Å². The van der Waals surface area contributed by atoms with E-state index < -0.39 is 22.4 Å². The number of aliphatic hydroxyl groups is 1. The molecule has 8 nitrogen and oxygen atoms in total. The van der Waals surface area contributed by atoms with Crippen molar-refractivity contribution < 1.29 is 32.5 Å². The van der Waals surface area contributed by atoms with Crippen LogP contribution in [-0.2, 0) is 6.18 Å². The normalized spacial score (nSPS) is 10.8. The number of nitro groups is 1. The highest BCUT2D eigenvalue weighted by molar-refractivity contribution is 6.39. The van der Waals surface area contributed by atoms with E-state index in [2.05, 4.69) is 5.16 Å². The van der Waals surface area contributed by atoms with Crippen molar-refractivity contribution in [1.29, 1.82) is 0 Å². The largest absolute Gasteiger partial charge is 0.485 e. The second-order valence-electron chi connectivity index (χ2n) is 7.32. The maximum absolute atomic E-state index is 12.5. The van der Waals surface area contributed by atoms with Crippen LogP contribution in [0.3, 0.4) is 0 Å². The van der Waals surface area contributed by atoms with Gasteiger partial charge in [-0.15, -0.1) is 0 Å². The number of rotatable bonds is 7. The maximum Gasteiger partial charge on any atom is 0.416 e. The van der Waals surface area contributed by atoms with Crippen LogP contribution in [0.4, 0.5) is 18.9 Å². The van der Waals surface area contributed by atoms with Gasteiger partial charge in [0.2, 0.25) is 0 Å². The summed E-state index contributed by atoms with van der Waals surface area (Å²) >= 11 is 12.2. The first-order chi connectivity index (χ1) is 17.4. The molecule has 0 bridgehead atoms. The van der Waals surface area contributed by atoms with Gasteiger partial charge in [-0.3, -0.25) is 15.0 Å². The number of ether oxygens (including phenoxy) is 1. The molecule has 0 aliphatic heterocycles. The molecule has 0 spiro atoms. The highest BCUT2D eigenvalue weighted by atomic mass is 35.5. The molecule has 2 aromatic carbocycles. The number of nitrogens with zero attached hydrogens (tertiary/aromatic N) is 3. The molecule has 0 saturated carbocycles. The summed E-state index contributed by atoms with van der Waals surface area (Å²) in [5.41, 5.74) is 0.554. The number of aliphatic hydroxyl groups excluding tert-OH is 1. The standard InChI is InChI=1S/C11H9Cl2NO.C11H13F3N2O4.C2H6/c1-6-7(2)15-14-11(6)10-8(12)4-3-5-9(10)13;1-15(7-17)4-5-20-10-3-2-8(11(12,13)14)6-9(10)16(18)19;1-2/h3-5H,1-2H3;2-3,6,17H,4-5,7H2,1H3;1-2H3. The summed E-state index contributed by atoms with van der Waals surface area (Å²) < 4.78 is 47.6. The van der Waals surface area contributed by atoms with Gasteiger partial charge in [0.15, 0.2) is 5.75 Å². The van der Waals surface area contributed by atoms with Gasteiger partial charge in [0.05, 0.1) is 27.3 Å². The molecule has 13 heteroatoms. The molecule has 0 aliphatic rings. The van der Waals surface area contributed by atoms with Crippen LogP contribution >= 0.6 is 23.2 Å². The molecular formula is C24H28Cl2F3N3O5. The second kappa shape index (κ2) is 14.8. The molecule has 0 fully saturated rings. The summed E-state index contributed by atoms with van der Waals surface area (Å²) in [5, 5.41) is 24.6. The fourth-order valence-electron chi connectivity index (χ4n) is 2.72. The Kier molecular flexibility index (Phi) is 12.8. The van der Waals surface area contributed by atoms with Gasteiger partial charge in [-0.1, -0.05) is 48.3 Å². The highest BCUT2D eigenvalue weighted by Gasteiger charge is 2.33. The van der Waals surface area contributed by atoms with Crippen molar-refractivity contribution >= 4 is 28.9 Å². The number of likely N-dealkylation sites (N-methyl/N-ethyl adjacent to an activating group) is 1. The Balaban J connectivity index is 0.000000357. The van der Waals surface area contributed by atoms with Crippen molar-refractivity contribution in [2.75, 3.05) is 26.9 Å². The van der Waals surface area contributed by atoms with Crippen molar-refractivity contribution in [3.8, 4) is 17.0 Å². The van der Waals surface area contributed by atoms with E-state index in [9.17, 15) is 23.3 Å². The zero-order valence-corrected chi connectivity index (χ0v) is 22.4. The first-order valence-corrected chi connectivity index (χ1v) is 11.8. The van der Waals surface area contributed by atoms with Crippen molar-refractivity contribution in [3.63, 3.8) is 0 Å². The Bertz CT molecular complexity index is 1150. The van der Waals surface area contributed by atoms with Crippen LogP contribution in [0.1, 0.15) is 30.7 Å². The first-order valence-electron chi connectivity index (χ1n) is 11.0. The number of hydrogen-bond acceptors (Lipinski definition) is 7. The molecule has 0 aliphatic carbocycles. The second-order valence-corrected chi connectivity index (χ2v) is 8.13. The van der Waals surface area contributed by atoms with Crippen LogP contribution in [0.15, 0.2) is 40.9 Å². The third-order valence-corrected chi connectivity index (χ3v) is 5.44. The van der Waals surface area contributed by atoms with Gasteiger partial charge >= 0.3 is 11.9 Å². The minimum Gasteiger partial charge on any atom is -0.485 e. The lowest BCUT2D eigenvalue weighted by Crippen LogP contribution is -2.25. The molecule has 3 rings (SSSR count). The lowest BCUT2D eigenvalue weighted by molar-refractivity contribution is -0.386. The predicted octanol–water partition coefficient (Wildman–Crippen LogP) is 7.17. The Morgan fingerprint density at radius 2 is 1.76 bits per heavy atom. The Hall–Kier alpha value is -2.86. The number of aryl methyl sites for hydroxylation is 1. The fraction of sp³-hybridized carbons (Fsp3) is 0.375. The minimum atomic E-state index is -4.65. The van der Waals surface area contributed by atoms with Gasteiger partial charge in [0, 0.05) is 23.7 Å². The van der Waals surface area contributed by atoms with E-state index in [0.717, 1.165) is 29.0 Å². The van der Waals surface area contributed by atoms with Gasteiger partial charge in [-0.25, -0.2) is 0 Å². The van der Waals surface area contributed by atoms with E-state index >= 15 is 0 Å². The predicted molar refractivity (Wildman–Crippen MR) is 136 cm³/mol. The summed E-state index contributed by atoms with van der Waals surface area (Å²) in [6.07, 6.45) is -4.65. The van der Waals surface area contributed by atoms with Crippen LogP contribution in [-0.4, -0.2) is 47.0 Å². The molecule has 0 saturated heterocycles. The van der Waals surface area contributed by atoms with Crippen molar-refractivity contribution in [3.05, 3.63) is 73.4 Å². The third-order valence-electron chi connectivity index (χ3n) is 4.81. The topological polar surface area (TPSA) is 102 Å². The molecule has 3 aromatic rings. The minimum absolute atomic E-state index is 0.00324. The molecule has 1 N–H and O–H groups in total. The van der Waals surface area contributed by atoms with Crippen LogP contribution in [0.2, 0.25) is 10.0 Å². The summed E-state index contributed by atoms with van der Waals surface area (Å²) in [6.45, 7) is 7.84. The monoisotopic (exact) mass is 565 g/mol. The Morgan fingerprint density at radius 3 is 2.22 bits per heavy atom. The van der Waals surface area contributed by atoms with E-state index in [4.69, 9.17) is 37.6 Å². The van der Waals surface area contributed by atoms with Gasteiger partial charge in [0.1, 0.15) is 18.1 Å². The summed E-state index contributed by atoms with van der Waals surface area (Å²) in [4.78, 5) is 11.3. The van der Waals surface area contributed by atoms with Crippen molar-refractivity contribution in [2.24, 2.45) is 0 Å². The molecular weight excluding hydrogens is 538 g/mol. The summed E-state index contributed by atoms with van der Waals surface area (Å²) in [5.74, 6) is 0.537. The lowest BCUT2D eigenvalue weighted by atomic mass is 10.1. The molecule has 1 heterocycles. The number of hydrogen-bond donors (Lipinski definition) is 1. The summed E-state index contributed by atoms with van der Waals surface area (Å²) in [6, 6.07) is 7.44. The number of aromatic nitrogens is 1. The van der Waals surface area contributed by atoms with E-state index in [1.54, 1.807) is 25.2 Å². The number of halogens is 5. The Labute approximate surface area is 222 Å². The highest BCUT2D eigenvalue weighted by Crippen LogP contribution is 2.37. The van der Waals surface area contributed by atoms with Crippen LogP contribution in [0.5, 0.6) is 5.75 Å². The molecule has 0 amide bonds. The number of alkyl halides is 3. The fourth-order valence-corrected chi connectivity index (χ4v) is 3.29. The first kappa shape index (κ1) is 32.2. The quantitative estimate of drug-likeness (QED) is 0.184. The lowest BCUT2D eigenvalue weighted by Gasteiger charge is -2.14. The number of benzene rings is 2. The molecule has 204 valence electrons. The van der Waals surface area contributed by atoms with Crippen LogP contribution in [0, 0.1) is 24.0 Å². The van der Waals surface area contributed by atoms with Crippen LogP contribution < -0.4 is 4.74 Å². The van der Waals surface area contributed by atoms with E-state index in [-0.39, 0.29) is 25.6 Å². The third kappa shape index (κ3) is 9.19. The molecule has 37 heavy (non-hydrogen) atoms. The van der Waals surface area contributed by atoms with E-state index in [1.165, 1.54) is 4.90 Å². The zero-order chi connectivity index (χ0) is 28.3. The van der Waals surface area contributed by atoms with Gasteiger partial charge in [-0.05, 0) is 45.2 Å². The maximum atomic E-state index is 12.5. The SMILES string of the molecule is CC.CN(CO)CCOc1ccc(C(F)(F)F)cc1[N+](=O)[O-].Cc1onc(-c2c(Cl)cccc2Cl)c1C. The van der Waals surface area contributed by atoms with Gasteiger partial charge in [-0.2, -0.15) is 13.2 Å². The van der Waals surface area contributed by atoms with Gasteiger partial charge in [0.25, 0.3) is 0 Å². The van der Waals surface area contributed by atoms with E-state index in [0.29, 0.717) is 21.8 Å². The molecule has 0 radical (unpaired) electrons. The number of nitro benzene ring substituents is 1. The molecule has 0 atom stereocenters. The van der Waals surface area contributed by atoms with E-state index in [1.807, 2.05) is 27.7 Å². The van der Waals surface area contributed by atoms with Gasteiger partial charge < -0.3 is 14.4 Å². The van der Waals surface area contributed by atoms with Crippen molar-refractivity contribution in [2.45, 2.75) is 33.9 Å².